The van der Waals surface area contributed by atoms with E-state index in [0.29, 0.717) is 0 Å². The van der Waals surface area contributed by atoms with Crippen LogP contribution >= 0.6 is 0 Å². The van der Waals surface area contributed by atoms with Gasteiger partial charge in [0.05, 0.1) is 0 Å². The molecule has 0 amide bonds. The van der Waals surface area contributed by atoms with Crippen molar-refractivity contribution in [3.05, 3.63) is 71.8 Å². The quantitative estimate of drug-likeness (QED) is 0.614. The molecule has 2 aromatic carbocycles. The van der Waals surface area contributed by atoms with E-state index in [0.717, 1.165) is 11.1 Å². The molecule has 0 fully saturated rings. The first-order valence-electron chi connectivity index (χ1n) is 4.53. The Bertz CT molecular complexity index is 381. The van der Waals surface area contributed by atoms with Crippen molar-refractivity contribution >= 4 is 5.78 Å². The Balaban J connectivity index is 0.00000112. The van der Waals surface area contributed by atoms with Crippen molar-refractivity contribution < 1.29 is 27.2 Å². The summed E-state index contributed by atoms with van der Waals surface area (Å²) in [6.45, 7) is 0. The van der Waals surface area contributed by atoms with Gasteiger partial charge in [0.25, 0.3) is 0 Å². The molecule has 0 bridgehead atoms. The second-order valence-electron chi connectivity index (χ2n) is 3.06. The predicted molar refractivity (Wildman–Crippen MR) is 56.3 cm³/mol. The number of hydrogen-bond acceptors (Lipinski definition) is 1. The molecule has 1 nitrogen and oxygen atoms in total. The average molecular weight is 290 g/mol. The van der Waals surface area contributed by atoms with E-state index in [2.05, 4.69) is 0 Å². The summed E-state index contributed by atoms with van der Waals surface area (Å²) in [4.78, 5) is 11.8. The number of hydrogen-bond donors (Lipinski definition) is 0. The van der Waals surface area contributed by atoms with E-state index in [1.165, 1.54) is 0 Å². The fraction of sp³-hybridized carbons (Fsp3) is 0. The van der Waals surface area contributed by atoms with Gasteiger partial charge in [0.15, 0.2) is 5.78 Å². The van der Waals surface area contributed by atoms with Gasteiger partial charge in [-0.3, -0.25) is 4.79 Å². The minimum atomic E-state index is 0. The molecule has 0 N–H and O–H groups in total. The molecule has 79 valence electrons. The third-order valence-corrected chi connectivity index (χ3v) is 2.07. The van der Waals surface area contributed by atoms with Crippen LogP contribution in [-0.2, 0) is 22.4 Å². The van der Waals surface area contributed by atoms with Gasteiger partial charge < -0.3 is 0 Å². The Kier molecular flexibility index (Phi) is 4.50. The van der Waals surface area contributed by atoms with Crippen molar-refractivity contribution in [3.8, 4) is 0 Å². The second kappa shape index (κ2) is 5.66. The molecule has 2 aromatic rings. The van der Waals surface area contributed by atoms with E-state index < -0.39 is 0 Å². The van der Waals surface area contributed by atoms with Gasteiger partial charge in [-0.15, -0.1) is 0 Å². The fourth-order valence-electron chi connectivity index (χ4n) is 1.35. The van der Waals surface area contributed by atoms with E-state index in [-0.39, 0.29) is 28.2 Å². The SMILES string of the molecule is O=C(c1ccccc1)c1ccccc1.[Ag]. The summed E-state index contributed by atoms with van der Waals surface area (Å²) in [5, 5.41) is 0. The molecule has 0 saturated carbocycles. The molecular weight excluding hydrogens is 280 g/mol. The maximum absolute atomic E-state index is 11.8. The van der Waals surface area contributed by atoms with Crippen molar-refractivity contribution in [2.75, 3.05) is 0 Å². The molecular formula is C13H10AgO. The Morgan fingerprint density at radius 2 is 1.00 bits per heavy atom. The first-order chi connectivity index (χ1) is 6.88. The van der Waals surface area contributed by atoms with E-state index in [4.69, 9.17) is 0 Å². The minimum absolute atomic E-state index is 0. The Hall–Kier alpha value is -1.15. The molecule has 0 aliphatic carbocycles. The third kappa shape index (κ3) is 2.90. The molecule has 0 aromatic heterocycles. The van der Waals surface area contributed by atoms with Gasteiger partial charge in [0, 0.05) is 33.5 Å². The van der Waals surface area contributed by atoms with Crippen molar-refractivity contribution in [2.24, 2.45) is 0 Å². The Labute approximate surface area is 105 Å². The van der Waals surface area contributed by atoms with Crippen LogP contribution in [0.3, 0.4) is 0 Å². The summed E-state index contributed by atoms with van der Waals surface area (Å²) >= 11 is 0. The minimum Gasteiger partial charge on any atom is -0.289 e. The molecule has 0 spiro atoms. The summed E-state index contributed by atoms with van der Waals surface area (Å²) < 4.78 is 0. The maximum Gasteiger partial charge on any atom is 0.193 e. The number of carbonyl (C=O) groups excluding carboxylic acids is 1. The third-order valence-electron chi connectivity index (χ3n) is 2.07. The van der Waals surface area contributed by atoms with Crippen LogP contribution in [0.1, 0.15) is 15.9 Å². The molecule has 0 atom stereocenters. The topological polar surface area (TPSA) is 17.1 Å². The van der Waals surface area contributed by atoms with Crippen molar-refractivity contribution in [3.63, 3.8) is 0 Å². The van der Waals surface area contributed by atoms with E-state index in [9.17, 15) is 4.79 Å². The van der Waals surface area contributed by atoms with Gasteiger partial charge in [-0.1, -0.05) is 60.7 Å². The van der Waals surface area contributed by atoms with E-state index >= 15 is 0 Å². The van der Waals surface area contributed by atoms with Gasteiger partial charge in [-0.2, -0.15) is 0 Å². The van der Waals surface area contributed by atoms with Gasteiger partial charge in [0.1, 0.15) is 0 Å². The zero-order valence-corrected chi connectivity index (χ0v) is 9.47. The van der Waals surface area contributed by atoms with Crippen LogP contribution in [0.2, 0.25) is 0 Å². The van der Waals surface area contributed by atoms with Crippen LogP contribution in [0, 0.1) is 0 Å². The number of benzene rings is 2. The van der Waals surface area contributed by atoms with Crippen LogP contribution in [0.25, 0.3) is 0 Å². The van der Waals surface area contributed by atoms with E-state index in [1.54, 1.807) is 0 Å². The van der Waals surface area contributed by atoms with Gasteiger partial charge >= 0.3 is 0 Å². The maximum atomic E-state index is 11.8. The average Bonchev–Trinajstić information content (AvgIpc) is 2.30. The van der Waals surface area contributed by atoms with Crippen LogP contribution < -0.4 is 0 Å². The number of rotatable bonds is 2. The molecule has 0 saturated heterocycles. The summed E-state index contributed by atoms with van der Waals surface area (Å²) in [5.74, 6) is 0.0752. The molecule has 0 aliphatic heterocycles. The van der Waals surface area contributed by atoms with Crippen LogP contribution in [0.5, 0.6) is 0 Å². The summed E-state index contributed by atoms with van der Waals surface area (Å²) in [5.41, 5.74) is 1.47. The molecule has 0 aliphatic rings. The molecule has 0 unspecified atom stereocenters. The normalized spacial score (nSPS) is 9.07. The smallest absolute Gasteiger partial charge is 0.193 e. The van der Waals surface area contributed by atoms with Crippen molar-refractivity contribution in [2.45, 2.75) is 0 Å². The van der Waals surface area contributed by atoms with Crippen LogP contribution in [-0.4, -0.2) is 5.78 Å². The summed E-state index contributed by atoms with van der Waals surface area (Å²) in [6, 6.07) is 18.6. The van der Waals surface area contributed by atoms with Crippen molar-refractivity contribution in [1.82, 2.24) is 0 Å². The molecule has 15 heavy (non-hydrogen) atoms. The zero-order chi connectivity index (χ0) is 9.80. The number of ketones is 1. The first kappa shape index (κ1) is 11.9. The van der Waals surface area contributed by atoms with Gasteiger partial charge in [-0.25, -0.2) is 0 Å². The second-order valence-corrected chi connectivity index (χ2v) is 3.06. The Morgan fingerprint density at radius 3 is 1.33 bits per heavy atom. The molecule has 1 radical (unpaired) electrons. The van der Waals surface area contributed by atoms with Crippen LogP contribution in [0.15, 0.2) is 60.7 Å². The zero-order valence-electron chi connectivity index (χ0n) is 7.98. The summed E-state index contributed by atoms with van der Waals surface area (Å²) in [6.07, 6.45) is 0. The number of carbonyl (C=O) groups is 1. The van der Waals surface area contributed by atoms with Gasteiger partial charge in [-0.05, 0) is 0 Å². The first-order valence-corrected chi connectivity index (χ1v) is 4.53. The van der Waals surface area contributed by atoms with Gasteiger partial charge in [0.2, 0.25) is 0 Å². The fourth-order valence-corrected chi connectivity index (χ4v) is 1.35. The van der Waals surface area contributed by atoms with E-state index in [1.807, 2.05) is 60.7 Å². The largest absolute Gasteiger partial charge is 0.289 e. The summed E-state index contributed by atoms with van der Waals surface area (Å²) in [7, 11) is 0. The standard InChI is InChI=1S/C13H10O.Ag/c14-13(11-7-3-1-4-8-11)12-9-5-2-6-10-12;/h1-10H;. The van der Waals surface area contributed by atoms with Crippen LogP contribution in [0.4, 0.5) is 0 Å². The predicted octanol–water partition coefficient (Wildman–Crippen LogP) is 2.92. The Morgan fingerprint density at radius 1 is 0.667 bits per heavy atom. The monoisotopic (exact) mass is 289 g/mol. The molecule has 0 heterocycles. The molecule has 2 rings (SSSR count). The molecule has 2 heteroatoms. The van der Waals surface area contributed by atoms with Crippen molar-refractivity contribution in [1.29, 1.82) is 0 Å².